The lowest BCUT2D eigenvalue weighted by Gasteiger charge is -1.97. The second-order valence-electron chi connectivity index (χ2n) is 2.88. The molecule has 2 rings (SSSR count). The van der Waals surface area contributed by atoms with Crippen molar-refractivity contribution in [2.45, 2.75) is 4.90 Å². The molecular formula is C7H6ClN5O2S. The predicted octanol–water partition coefficient (Wildman–Crippen LogP) is -0.0369. The second-order valence-corrected chi connectivity index (χ2v) is 4.83. The molecule has 0 atom stereocenters. The summed E-state index contributed by atoms with van der Waals surface area (Å²) in [4.78, 5) is -0.0933. The minimum absolute atomic E-state index is 0.0933. The molecule has 0 bridgehead atoms. The van der Waals surface area contributed by atoms with Gasteiger partial charge < -0.3 is 0 Å². The minimum Gasteiger partial charge on any atom is -0.225 e. The fraction of sp³-hybridized carbons (Fsp3) is 0. The largest absolute Gasteiger partial charge is 0.241 e. The highest BCUT2D eigenvalue weighted by Gasteiger charge is 2.11. The van der Waals surface area contributed by atoms with Crippen LogP contribution in [0.3, 0.4) is 0 Å². The third-order valence-electron chi connectivity index (χ3n) is 1.74. The van der Waals surface area contributed by atoms with Crippen molar-refractivity contribution in [1.82, 2.24) is 20.0 Å². The molecule has 2 heterocycles. The summed E-state index contributed by atoms with van der Waals surface area (Å²) in [5.41, 5.74) is 0. The van der Waals surface area contributed by atoms with Gasteiger partial charge in [-0.25, -0.2) is 18.2 Å². The van der Waals surface area contributed by atoms with E-state index >= 15 is 0 Å². The van der Waals surface area contributed by atoms with Crippen LogP contribution in [0.4, 0.5) is 0 Å². The van der Waals surface area contributed by atoms with Crippen LogP contribution >= 0.6 is 11.6 Å². The molecule has 84 valence electrons. The van der Waals surface area contributed by atoms with Crippen molar-refractivity contribution in [2.24, 2.45) is 5.14 Å². The number of nitrogens with two attached hydrogens (primary N) is 1. The molecule has 9 heteroatoms. The summed E-state index contributed by atoms with van der Waals surface area (Å²) in [6.07, 6.45) is 2.37. The van der Waals surface area contributed by atoms with Crippen molar-refractivity contribution in [1.29, 1.82) is 0 Å². The third kappa shape index (κ3) is 2.18. The molecule has 2 aromatic rings. The van der Waals surface area contributed by atoms with E-state index < -0.39 is 10.0 Å². The van der Waals surface area contributed by atoms with Crippen LogP contribution in [-0.4, -0.2) is 28.4 Å². The number of rotatable bonds is 2. The Morgan fingerprint density at radius 2 is 2.06 bits per heavy atom. The average molecular weight is 260 g/mol. The number of halogens is 1. The fourth-order valence-corrected chi connectivity index (χ4v) is 1.55. The molecule has 0 unspecified atom stereocenters. The van der Waals surface area contributed by atoms with Gasteiger partial charge in [-0.1, -0.05) is 11.6 Å². The number of hydrogen-bond donors (Lipinski definition) is 1. The van der Waals surface area contributed by atoms with Crippen LogP contribution in [0.25, 0.3) is 5.82 Å². The predicted molar refractivity (Wildman–Crippen MR) is 55.5 cm³/mol. The Morgan fingerprint density at radius 3 is 2.56 bits per heavy atom. The zero-order valence-corrected chi connectivity index (χ0v) is 9.35. The number of sulfonamides is 1. The van der Waals surface area contributed by atoms with Crippen molar-refractivity contribution >= 4 is 21.6 Å². The zero-order valence-electron chi connectivity index (χ0n) is 7.78. The van der Waals surface area contributed by atoms with Crippen molar-refractivity contribution in [2.75, 3.05) is 0 Å². The van der Waals surface area contributed by atoms with Crippen LogP contribution < -0.4 is 5.14 Å². The van der Waals surface area contributed by atoms with Gasteiger partial charge in [0.25, 0.3) is 0 Å². The van der Waals surface area contributed by atoms with Crippen LogP contribution in [0.5, 0.6) is 0 Å². The Bertz CT molecular complexity index is 606. The smallest absolute Gasteiger partial charge is 0.225 e. The van der Waals surface area contributed by atoms with E-state index in [1.165, 1.54) is 16.9 Å². The first-order chi connectivity index (χ1) is 7.47. The van der Waals surface area contributed by atoms with Crippen molar-refractivity contribution < 1.29 is 8.42 Å². The van der Waals surface area contributed by atoms with Crippen LogP contribution in [0.15, 0.2) is 29.4 Å². The first kappa shape index (κ1) is 11.0. The Labute approximate surface area is 95.9 Å². The lowest BCUT2D eigenvalue weighted by atomic mass is 10.5. The Hall–Kier alpha value is -1.51. The summed E-state index contributed by atoms with van der Waals surface area (Å²) >= 11 is 5.56. The average Bonchev–Trinajstić information content (AvgIpc) is 2.67. The van der Waals surface area contributed by atoms with E-state index in [9.17, 15) is 8.42 Å². The van der Waals surface area contributed by atoms with Gasteiger partial charge in [0.05, 0.1) is 12.4 Å². The highest BCUT2D eigenvalue weighted by atomic mass is 35.5. The highest BCUT2D eigenvalue weighted by molar-refractivity contribution is 7.89. The van der Waals surface area contributed by atoms with Crippen LogP contribution in [0.2, 0.25) is 5.15 Å². The molecule has 0 spiro atoms. The lowest BCUT2D eigenvalue weighted by molar-refractivity contribution is 0.598. The Kier molecular flexibility index (Phi) is 2.62. The lowest BCUT2D eigenvalue weighted by Crippen LogP contribution is -2.11. The maximum Gasteiger partial charge on any atom is 0.241 e. The summed E-state index contributed by atoms with van der Waals surface area (Å²) in [5, 5.41) is 16.3. The summed E-state index contributed by atoms with van der Waals surface area (Å²) < 4.78 is 23.2. The van der Waals surface area contributed by atoms with Gasteiger partial charge in [0.2, 0.25) is 10.0 Å². The summed E-state index contributed by atoms with van der Waals surface area (Å²) in [5.74, 6) is 0.347. The third-order valence-corrected chi connectivity index (χ3v) is 2.81. The molecule has 7 nitrogen and oxygen atoms in total. The van der Waals surface area contributed by atoms with Crippen molar-refractivity contribution in [3.8, 4) is 5.82 Å². The molecule has 0 aliphatic heterocycles. The molecule has 0 aliphatic rings. The van der Waals surface area contributed by atoms with Crippen molar-refractivity contribution in [3.63, 3.8) is 0 Å². The van der Waals surface area contributed by atoms with Gasteiger partial charge in [-0.3, -0.25) is 0 Å². The normalized spacial score (nSPS) is 11.6. The van der Waals surface area contributed by atoms with Crippen LogP contribution in [-0.2, 0) is 10.0 Å². The highest BCUT2D eigenvalue weighted by Crippen LogP contribution is 2.09. The van der Waals surface area contributed by atoms with E-state index in [1.54, 1.807) is 6.07 Å². The maximum atomic E-state index is 11.0. The quantitative estimate of drug-likeness (QED) is 0.815. The van der Waals surface area contributed by atoms with E-state index in [2.05, 4.69) is 15.3 Å². The van der Waals surface area contributed by atoms with Gasteiger partial charge in [-0.15, -0.1) is 10.2 Å². The first-order valence-corrected chi connectivity index (χ1v) is 5.96. The summed E-state index contributed by atoms with van der Waals surface area (Å²) in [6, 6.07) is 3.07. The first-order valence-electron chi connectivity index (χ1n) is 4.04. The van der Waals surface area contributed by atoms with Crippen molar-refractivity contribution in [3.05, 3.63) is 29.7 Å². The van der Waals surface area contributed by atoms with E-state index in [-0.39, 0.29) is 10.0 Å². The Balaban J connectivity index is 2.43. The molecule has 0 radical (unpaired) electrons. The molecule has 0 aromatic carbocycles. The van der Waals surface area contributed by atoms with E-state index in [1.807, 2.05) is 0 Å². The second kappa shape index (κ2) is 3.81. The maximum absolute atomic E-state index is 11.0. The topological polar surface area (TPSA) is 104 Å². The standard InChI is InChI=1S/C7H6ClN5O2S/c8-6-1-2-7(12-11-6)13-4-5(3-10-13)16(9,14)15/h1-4H,(H2,9,14,15). The summed E-state index contributed by atoms with van der Waals surface area (Å²) in [6.45, 7) is 0. The fourth-order valence-electron chi connectivity index (χ4n) is 1.01. The molecule has 0 saturated carbocycles. The Morgan fingerprint density at radius 1 is 1.31 bits per heavy atom. The van der Waals surface area contributed by atoms with Crippen LogP contribution in [0.1, 0.15) is 0 Å². The van der Waals surface area contributed by atoms with Gasteiger partial charge >= 0.3 is 0 Å². The number of hydrogen-bond acceptors (Lipinski definition) is 5. The number of aromatic nitrogens is 4. The van der Waals surface area contributed by atoms with E-state index in [0.29, 0.717) is 5.82 Å². The number of primary sulfonamides is 1. The molecular weight excluding hydrogens is 254 g/mol. The van der Waals surface area contributed by atoms with E-state index in [4.69, 9.17) is 16.7 Å². The zero-order chi connectivity index (χ0) is 11.8. The van der Waals surface area contributed by atoms with Gasteiger partial charge in [0.1, 0.15) is 4.90 Å². The summed E-state index contributed by atoms with van der Waals surface area (Å²) in [7, 11) is -3.76. The molecule has 0 amide bonds. The van der Waals surface area contributed by atoms with Gasteiger partial charge in [0.15, 0.2) is 11.0 Å². The monoisotopic (exact) mass is 259 g/mol. The molecule has 0 saturated heterocycles. The SMILES string of the molecule is NS(=O)(=O)c1cnn(-c2ccc(Cl)nn2)c1. The minimum atomic E-state index is -3.76. The van der Waals surface area contributed by atoms with Gasteiger partial charge in [-0.05, 0) is 12.1 Å². The molecule has 2 N–H and O–H groups in total. The van der Waals surface area contributed by atoms with E-state index in [0.717, 1.165) is 6.20 Å². The molecule has 16 heavy (non-hydrogen) atoms. The van der Waals surface area contributed by atoms with Gasteiger partial charge in [0, 0.05) is 0 Å². The molecule has 2 aromatic heterocycles. The number of nitrogens with zero attached hydrogens (tertiary/aromatic N) is 4. The van der Waals surface area contributed by atoms with Crippen LogP contribution in [0, 0.1) is 0 Å². The molecule has 0 fully saturated rings. The van der Waals surface area contributed by atoms with Gasteiger partial charge in [-0.2, -0.15) is 5.10 Å². The molecule has 0 aliphatic carbocycles.